The fourth-order valence-electron chi connectivity index (χ4n) is 0.813. The molecule has 0 aromatic rings. The molecule has 0 aliphatic heterocycles. The minimum absolute atomic E-state index is 0.00264. The molecule has 0 unspecified atom stereocenters. The van der Waals surface area contributed by atoms with Crippen LogP contribution >= 0.6 is 0 Å². The smallest absolute Gasteiger partial charge is 0.122 e. The Morgan fingerprint density at radius 2 is 2.00 bits per heavy atom. The molecule has 12 heavy (non-hydrogen) atoms. The molecule has 0 saturated carbocycles. The van der Waals surface area contributed by atoms with Crippen LogP contribution in [-0.4, -0.2) is 26.9 Å². The third-order valence-electron chi connectivity index (χ3n) is 1.50. The molecule has 2 nitrogen and oxygen atoms in total. The molecule has 0 amide bonds. The van der Waals surface area contributed by atoms with Crippen LogP contribution in [0.4, 0.5) is 0 Å². The van der Waals surface area contributed by atoms with Gasteiger partial charge in [-0.15, -0.1) is 0 Å². The Hall–Kier alpha value is -0.543. The Labute approximate surface area is 75.6 Å². The molecule has 0 rings (SSSR count). The summed E-state index contributed by atoms with van der Waals surface area (Å²) in [6.07, 6.45) is 1.84. The molecule has 0 aliphatic rings. The van der Waals surface area contributed by atoms with Crippen molar-refractivity contribution >= 4 is 8.07 Å². The average molecular weight is 186 g/mol. The van der Waals surface area contributed by atoms with Gasteiger partial charge in [0.2, 0.25) is 0 Å². The van der Waals surface area contributed by atoms with Gasteiger partial charge in [-0.2, -0.15) is 0 Å². The van der Waals surface area contributed by atoms with Crippen molar-refractivity contribution in [3.63, 3.8) is 0 Å². The average Bonchev–Trinajstić information content (AvgIpc) is 1.97. The fourth-order valence-corrected chi connectivity index (χ4v) is 2.06. The number of aliphatic hydroxyl groups is 1. The second-order valence-corrected chi connectivity index (χ2v) is 8.77. The van der Waals surface area contributed by atoms with E-state index in [1.165, 1.54) is 0 Å². The van der Waals surface area contributed by atoms with E-state index in [1.807, 2.05) is 6.08 Å². The molecular weight excluding hydrogens is 168 g/mol. The molecule has 0 atom stereocenters. The Bertz CT molecular complexity index is 189. The molecule has 0 saturated heterocycles. The van der Waals surface area contributed by atoms with Gasteiger partial charge in [0, 0.05) is 0 Å². The van der Waals surface area contributed by atoms with Crippen LogP contribution in [0.5, 0.6) is 0 Å². The molecule has 70 valence electrons. The zero-order valence-corrected chi connectivity index (χ0v) is 9.35. The van der Waals surface area contributed by atoms with Crippen LogP contribution < -0.4 is 0 Å². The lowest BCUT2D eigenvalue weighted by Gasteiger charge is -2.19. The van der Waals surface area contributed by atoms with Crippen LogP contribution in [0.3, 0.4) is 0 Å². The van der Waals surface area contributed by atoms with Gasteiger partial charge >= 0.3 is 0 Å². The lowest BCUT2D eigenvalue weighted by molar-refractivity contribution is 0.311. The highest BCUT2D eigenvalue weighted by molar-refractivity contribution is 6.82. The molecule has 0 radical (unpaired) electrons. The van der Waals surface area contributed by atoms with Crippen molar-refractivity contribution in [2.75, 3.05) is 13.7 Å². The summed E-state index contributed by atoms with van der Waals surface area (Å²) >= 11 is 0. The minimum Gasteiger partial charge on any atom is -0.506 e. The highest BCUT2D eigenvalue weighted by atomic mass is 28.3. The number of hydrogen-bond acceptors (Lipinski definition) is 2. The van der Waals surface area contributed by atoms with E-state index in [4.69, 9.17) is 9.84 Å². The number of aliphatic hydroxyl groups excluding tert-OH is 1. The van der Waals surface area contributed by atoms with E-state index in [0.29, 0.717) is 5.57 Å². The lowest BCUT2D eigenvalue weighted by atomic mass is 10.3. The standard InChI is InChI=1S/C9H18O2Si/c1-8(7-10)6-9(11-2)12(3,4)5/h6,10H,1,7H2,2-5H3/b9-6-. The van der Waals surface area contributed by atoms with Gasteiger partial charge in [-0.05, 0) is 11.6 Å². The van der Waals surface area contributed by atoms with Crippen molar-refractivity contribution < 1.29 is 9.84 Å². The van der Waals surface area contributed by atoms with Gasteiger partial charge in [-0.25, -0.2) is 0 Å². The molecular formula is C9H18O2Si. The van der Waals surface area contributed by atoms with Crippen molar-refractivity contribution in [1.29, 1.82) is 0 Å². The maximum atomic E-state index is 8.76. The molecule has 0 heterocycles. The van der Waals surface area contributed by atoms with Crippen LogP contribution in [0.2, 0.25) is 19.6 Å². The van der Waals surface area contributed by atoms with Crippen LogP contribution in [0.15, 0.2) is 23.6 Å². The van der Waals surface area contributed by atoms with E-state index in [1.54, 1.807) is 7.11 Å². The van der Waals surface area contributed by atoms with E-state index < -0.39 is 8.07 Å². The van der Waals surface area contributed by atoms with Gasteiger partial charge in [-0.3, -0.25) is 0 Å². The quantitative estimate of drug-likeness (QED) is 0.413. The SMILES string of the molecule is C=C(/C=C(/OC)[Si](C)(C)C)CO. The van der Waals surface area contributed by atoms with E-state index in [2.05, 4.69) is 26.2 Å². The Balaban J connectivity index is 4.55. The number of hydrogen-bond donors (Lipinski definition) is 1. The first-order chi connectivity index (χ1) is 5.41. The Morgan fingerprint density at radius 3 is 2.25 bits per heavy atom. The maximum absolute atomic E-state index is 8.76. The highest BCUT2D eigenvalue weighted by Gasteiger charge is 2.20. The molecule has 0 spiro atoms. The summed E-state index contributed by atoms with van der Waals surface area (Å²) in [5.74, 6) is 0. The van der Waals surface area contributed by atoms with E-state index in [9.17, 15) is 0 Å². The van der Waals surface area contributed by atoms with Crippen molar-refractivity contribution in [2.24, 2.45) is 0 Å². The van der Waals surface area contributed by atoms with Crippen LogP contribution in [0.1, 0.15) is 0 Å². The van der Waals surface area contributed by atoms with Crippen molar-refractivity contribution in [3.8, 4) is 0 Å². The predicted molar refractivity (Wildman–Crippen MR) is 54.7 cm³/mol. The zero-order valence-electron chi connectivity index (χ0n) is 8.35. The Morgan fingerprint density at radius 1 is 1.50 bits per heavy atom. The number of ether oxygens (including phenoxy) is 1. The van der Waals surface area contributed by atoms with Crippen LogP contribution in [0.25, 0.3) is 0 Å². The van der Waals surface area contributed by atoms with E-state index in [0.717, 1.165) is 5.38 Å². The number of rotatable bonds is 4. The fraction of sp³-hybridized carbons (Fsp3) is 0.556. The van der Waals surface area contributed by atoms with Gasteiger partial charge < -0.3 is 9.84 Å². The normalized spacial score (nSPS) is 12.9. The summed E-state index contributed by atoms with van der Waals surface area (Å²) in [4.78, 5) is 0. The first-order valence-electron chi connectivity index (χ1n) is 3.96. The van der Waals surface area contributed by atoms with Gasteiger partial charge in [0.05, 0.1) is 19.1 Å². The largest absolute Gasteiger partial charge is 0.506 e. The predicted octanol–water partition coefficient (Wildman–Crippen LogP) is 1.94. The van der Waals surface area contributed by atoms with E-state index in [-0.39, 0.29) is 6.61 Å². The monoisotopic (exact) mass is 186 g/mol. The van der Waals surface area contributed by atoms with Gasteiger partial charge in [0.1, 0.15) is 8.07 Å². The first kappa shape index (κ1) is 11.5. The second-order valence-electron chi connectivity index (χ2n) is 3.78. The molecule has 0 aromatic heterocycles. The summed E-state index contributed by atoms with van der Waals surface area (Å²) in [6, 6.07) is 0. The molecule has 0 aliphatic carbocycles. The number of methoxy groups -OCH3 is 1. The highest BCUT2D eigenvalue weighted by Crippen LogP contribution is 2.16. The van der Waals surface area contributed by atoms with E-state index >= 15 is 0 Å². The molecule has 0 aromatic carbocycles. The van der Waals surface area contributed by atoms with Crippen LogP contribution in [0, 0.1) is 0 Å². The van der Waals surface area contributed by atoms with Crippen molar-refractivity contribution in [2.45, 2.75) is 19.6 Å². The zero-order chi connectivity index (χ0) is 9.78. The molecule has 3 heteroatoms. The topological polar surface area (TPSA) is 29.5 Å². The maximum Gasteiger partial charge on any atom is 0.122 e. The summed E-state index contributed by atoms with van der Waals surface area (Å²) in [7, 11) is 0.263. The second kappa shape index (κ2) is 4.47. The summed E-state index contributed by atoms with van der Waals surface area (Å²) in [5.41, 5.74) is 0.703. The molecule has 0 bridgehead atoms. The summed E-state index contributed by atoms with van der Waals surface area (Å²) in [6.45, 7) is 10.3. The molecule has 0 fully saturated rings. The third-order valence-corrected chi connectivity index (χ3v) is 3.32. The van der Waals surface area contributed by atoms with Crippen molar-refractivity contribution in [3.05, 3.63) is 23.6 Å². The third kappa shape index (κ3) is 3.73. The van der Waals surface area contributed by atoms with Gasteiger partial charge in [-0.1, -0.05) is 26.2 Å². The summed E-state index contributed by atoms with van der Waals surface area (Å²) < 4.78 is 5.24. The Kier molecular flexibility index (Phi) is 4.27. The van der Waals surface area contributed by atoms with Gasteiger partial charge in [0.15, 0.2) is 0 Å². The molecule has 1 N–H and O–H groups in total. The van der Waals surface area contributed by atoms with Crippen molar-refractivity contribution in [1.82, 2.24) is 0 Å². The van der Waals surface area contributed by atoms with Gasteiger partial charge in [0.25, 0.3) is 0 Å². The van der Waals surface area contributed by atoms with Crippen LogP contribution in [-0.2, 0) is 4.74 Å². The first-order valence-corrected chi connectivity index (χ1v) is 7.46. The lowest BCUT2D eigenvalue weighted by Crippen LogP contribution is -2.25. The summed E-state index contributed by atoms with van der Waals surface area (Å²) in [5, 5.41) is 9.73. The minimum atomic E-state index is -1.40.